The van der Waals surface area contributed by atoms with Crippen molar-refractivity contribution in [2.45, 2.75) is 25.3 Å². The van der Waals surface area contributed by atoms with Crippen molar-refractivity contribution in [1.29, 1.82) is 0 Å². The molecule has 104 valence electrons. The van der Waals surface area contributed by atoms with Gasteiger partial charge in [0.1, 0.15) is 16.8 Å². The van der Waals surface area contributed by atoms with Crippen molar-refractivity contribution in [3.8, 4) is 5.75 Å². The number of nitrogens with zero attached hydrogens (tertiary/aromatic N) is 3. The molecule has 2 heterocycles. The first-order chi connectivity index (χ1) is 9.67. The number of amides is 2. The molecule has 2 amide bonds. The molecule has 7 nitrogen and oxygen atoms in total. The smallest absolute Gasteiger partial charge is 0.253 e. The van der Waals surface area contributed by atoms with Crippen LogP contribution in [0.2, 0.25) is 0 Å². The van der Waals surface area contributed by atoms with Crippen LogP contribution >= 0.6 is 0 Å². The zero-order valence-electron chi connectivity index (χ0n) is 11.0. The number of imide groups is 1. The van der Waals surface area contributed by atoms with Gasteiger partial charge in [-0.25, -0.2) is 0 Å². The lowest BCUT2D eigenvalue weighted by Crippen LogP contribution is -2.34. The van der Waals surface area contributed by atoms with Crippen LogP contribution in [0.15, 0.2) is 18.2 Å². The summed E-state index contributed by atoms with van der Waals surface area (Å²) in [4.78, 5) is 24.7. The first-order valence-corrected chi connectivity index (χ1v) is 6.41. The van der Waals surface area contributed by atoms with Gasteiger partial charge in [-0.2, -0.15) is 15.0 Å². The molecule has 1 fully saturated rings. The van der Waals surface area contributed by atoms with Gasteiger partial charge in [0, 0.05) is 12.5 Å². The third-order valence-electron chi connectivity index (χ3n) is 3.33. The summed E-state index contributed by atoms with van der Waals surface area (Å²) < 4.78 is 5.13. The maximum Gasteiger partial charge on any atom is 0.253 e. The lowest BCUT2D eigenvalue weighted by Gasteiger charge is -2.10. The van der Waals surface area contributed by atoms with Crippen molar-refractivity contribution in [1.82, 2.24) is 20.3 Å². The standard InChI is InChI=1S/C13H14N4O3/c1-20-8-5-6-9-10(7-8)16-17(15-9)11-3-2-4-12(18)14-13(11)19/h5-7,11H,2-4H2,1H3,(H,14,18,19). The van der Waals surface area contributed by atoms with Gasteiger partial charge in [-0.15, -0.1) is 0 Å². The molecular weight excluding hydrogens is 260 g/mol. The van der Waals surface area contributed by atoms with Crippen LogP contribution in [0.4, 0.5) is 0 Å². The van der Waals surface area contributed by atoms with Gasteiger partial charge in [0.05, 0.1) is 7.11 Å². The summed E-state index contributed by atoms with van der Waals surface area (Å²) in [6.45, 7) is 0. The largest absolute Gasteiger partial charge is 0.497 e. The maximum atomic E-state index is 12.0. The molecule has 1 aliphatic rings. The highest BCUT2D eigenvalue weighted by molar-refractivity contribution is 5.97. The van der Waals surface area contributed by atoms with E-state index >= 15 is 0 Å². The van der Waals surface area contributed by atoms with E-state index in [0.29, 0.717) is 36.0 Å². The molecule has 20 heavy (non-hydrogen) atoms. The molecule has 0 radical (unpaired) electrons. The number of hydrogen-bond donors (Lipinski definition) is 1. The van der Waals surface area contributed by atoms with Crippen molar-refractivity contribution < 1.29 is 14.3 Å². The van der Waals surface area contributed by atoms with Gasteiger partial charge in [-0.1, -0.05) is 0 Å². The summed E-state index contributed by atoms with van der Waals surface area (Å²) in [5.74, 6) is 0.0979. The molecule has 3 rings (SSSR count). The van der Waals surface area contributed by atoms with Gasteiger partial charge in [0.25, 0.3) is 5.91 Å². The lowest BCUT2D eigenvalue weighted by atomic mass is 10.1. The first kappa shape index (κ1) is 12.6. The summed E-state index contributed by atoms with van der Waals surface area (Å²) in [5, 5.41) is 11.0. The van der Waals surface area contributed by atoms with Gasteiger partial charge in [-0.05, 0) is 25.0 Å². The number of rotatable bonds is 2. The fraction of sp³-hybridized carbons (Fsp3) is 0.385. The van der Waals surface area contributed by atoms with Gasteiger partial charge in [0.15, 0.2) is 6.04 Å². The number of nitrogens with one attached hydrogen (secondary N) is 1. The van der Waals surface area contributed by atoms with Crippen LogP contribution in [-0.2, 0) is 9.59 Å². The average molecular weight is 274 g/mol. The second kappa shape index (κ2) is 4.92. The number of carbonyl (C=O) groups is 2. The number of aromatic nitrogens is 3. The number of fused-ring (bicyclic) bond motifs is 1. The molecular formula is C13H14N4O3. The summed E-state index contributed by atoms with van der Waals surface area (Å²) >= 11 is 0. The Balaban J connectivity index is 1.96. The summed E-state index contributed by atoms with van der Waals surface area (Å²) in [6, 6.07) is 4.80. The highest BCUT2D eigenvalue weighted by Crippen LogP contribution is 2.21. The van der Waals surface area contributed by atoms with E-state index in [1.165, 1.54) is 4.80 Å². The summed E-state index contributed by atoms with van der Waals surface area (Å²) in [6.07, 6.45) is 1.55. The number of carbonyl (C=O) groups excluding carboxylic acids is 2. The minimum absolute atomic E-state index is 0.240. The van der Waals surface area contributed by atoms with E-state index in [1.807, 2.05) is 0 Å². The Morgan fingerprint density at radius 3 is 2.90 bits per heavy atom. The van der Waals surface area contributed by atoms with Crippen molar-refractivity contribution >= 4 is 22.8 Å². The SMILES string of the molecule is COc1ccc2nn(C3CCCC(=O)NC3=O)nc2c1. The van der Waals surface area contributed by atoms with E-state index in [4.69, 9.17) is 4.74 Å². The van der Waals surface area contributed by atoms with Gasteiger partial charge in [0.2, 0.25) is 5.91 Å². The van der Waals surface area contributed by atoms with Crippen LogP contribution in [0.3, 0.4) is 0 Å². The highest BCUT2D eigenvalue weighted by atomic mass is 16.5. The Morgan fingerprint density at radius 1 is 1.30 bits per heavy atom. The van der Waals surface area contributed by atoms with Crippen LogP contribution in [0.1, 0.15) is 25.3 Å². The molecule has 1 unspecified atom stereocenters. The van der Waals surface area contributed by atoms with Crippen molar-refractivity contribution in [2.24, 2.45) is 0 Å². The molecule has 1 aromatic heterocycles. The quantitative estimate of drug-likeness (QED) is 0.819. The topological polar surface area (TPSA) is 86.1 Å². The average Bonchev–Trinajstić information content (AvgIpc) is 2.77. The van der Waals surface area contributed by atoms with E-state index in [2.05, 4.69) is 15.5 Å². The van der Waals surface area contributed by atoms with Crippen LogP contribution < -0.4 is 10.1 Å². The maximum absolute atomic E-state index is 12.0. The molecule has 7 heteroatoms. The zero-order valence-corrected chi connectivity index (χ0v) is 11.0. The van der Waals surface area contributed by atoms with Crippen LogP contribution in [-0.4, -0.2) is 33.9 Å². The molecule has 0 aliphatic carbocycles. The molecule has 0 bridgehead atoms. The monoisotopic (exact) mass is 274 g/mol. The third kappa shape index (κ3) is 2.22. The Bertz CT molecular complexity index is 679. The predicted molar refractivity (Wildman–Crippen MR) is 70.1 cm³/mol. The second-order valence-electron chi connectivity index (χ2n) is 4.70. The van der Waals surface area contributed by atoms with Gasteiger partial charge >= 0.3 is 0 Å². The van der Waals surface area contributed by atoms with Crippen molar-refractivity contribution in [2.75, 3.05) is 7.11 Å². The normalized spacial score (nSPS) is 19.8. The van der Waals surface area contributed by atoms with E-state index in [1.54, 1.807) is 25.3 Å². The number of methoxy groups -OCH3 is 1. The van der Waals surface area contributed by atoms with E-state index in [9.17, 15) is 9.59 Å². The molecule has 0 saturated carbocycles. The Labute approximate surface area is 114 Å². The Hall–Kier alpha value is -2.44. The van der Waals surface area contributed by atoms with Gasteiger partial charge < -0.3 is 4.74 Å². The van der Waals surface area contributed by atoms with Crippen LogP contribution in [0, 0.1) is 0 Å². The van der Waals surface area contributed by atoms with E-state index < -0.39 is 6.04 Å². The van der Waals surface area contributed by atoms with Crippen LogP contribution in [0.5, 0.6) is 5.75 Å². The summed E-state index contributed by atoms with van der Waals surface area (Å²) in [7, 11) is 1.58. The minimum Gasteiger partial charge on any atom is -0.497 e. The predicted octanol–water partition coefficient (Wildman–Crippen LogP) is 0.808. The second-order valence-corrected chi connectivity index (χ2v) is 4.70. The number of hydrogen-bond acceptors (Lipinski definition) is 5. The van der Waals surface area contributed by atoms with Gasteiger partial charge in [-0.3, -0.25) is 14.9 Å². The van der Waals surface area contributed by atoms with Crippen molar-refractivity contribution in [3.05, 3.63) is 18.2 Å². The Kier molecular flexibility index (Phi) is 3.09. The van der Waals surface area contributed by atoms with Crippen molar-refractivity contribution in [3.63, 3.8) is 0 Å². The molecule has 1 N–H and O–H groups in total. The first-order valence-electron chi connectivity index (χ1n) is 6.41. The fourth-order valence-electron chi connectivity index (χ4n) is 2.27. The third-order valence-corrected chi connectivity index (χ3v) is 3.33. The Morgan fingerprint density at radius 2 is 2.10 bits per heavy atom. The fourth-order valence-corrected chi connectivity index (χ4v) is 2.27. The lowest BCUT2D eigenvalue weighted by molar-refractivity contribution is -0.131. The van der Waals surface area contributed by atoms with E-state index in [-0.39, 0.29) is 11.8 Å². The highest BCUT2D eigenvalue weighted by Gasteiger charge is 2.27. The minimum atomic E-state index is -0.542. The zero-order chi connectivity index (χ0) is 14.1. The molecule has 1 aromatic carbocycles. The molecule has 2 aromatic rings. The van der Waals surface area contributed by atoms with Crippen LogP contribution in [0.25, 0.3) is 11.0 Å². The number of benzene rings is 1. The molecule has 1 atom stereocenters. The molecule has 0 spiro atoms. The van der Waals surface area contributed by atoms with E-state index in [0.717, 1.165) is 0 Å². The molecule has 1 saturated heterocycles. The molecule has 1 aliphatic heterocycles. The number of ether oxygens (including phenoxy) is 1. The summed E-state index contributed by atoms with van der Waals surface area (Å²) in [5.41, 5.74) is 1.35.